The molecule has 0 saturated heterocycles. The molecule has 2 aromatic carbocycles. The SMILES string of the molecule is CNCC=Cc1ccc2c(c1)C(=O)c1ccccc1-2. The maximum atomic E-state index is 12.3. The minimum Gasteiger partial charge on any atom is -0.316 e. The van der Waals surface area contributed by atoms with Crippen molar-refractivity contribution in [2.24, 2.45) is 0 Å². The number of nitrogens with one attached hydrogen (secondary N) is 1. The zero-order chi connectivity index (χ0) is 13.2. The number of benzene rings is 2. The van der Waals surface area contributed by atoms with Gasteiger partial charge >= 0.3 is 0 Å². The Kier molecular flexibility index (Phi) is 3.02. The van der Waals surface area contributed by atoms with Crippen molar-refractivity contribution >= 4 is 11.9 Å². The Balaban J connectivity index is 2.03. The van der Waals surface area contributed by atoms with E-state index in [1.807, 2.05) is 55.6 Å². The Hall–Kier alpha value is -2.19. The summed E-state index contributed by atoms with van der Waals surface area (Å²) in [6.45, 7) is 0.825. The fraction of sp³-hybridized carbons (Fsp3) is 0.118. The van der Waals surface area contributed by atoms with E-state index < -0.39 is 0 Å². The molecule has 0 heterocycles. The molecule has 3 rings (SSSR count). The average Bonchev–Trinajstić information content (AvgIpc) is 2.73. The van der Waals surface area contributed by atoms with Crippen LogP contribution in [0.3, 0.4) is 0 Å². The Morgan fingerprint density at radius 3 is 2.53 bits per heavy atom. The highest BCUT2D eigenvalue weighted by molar-refractivity contribution is 6.21. The third-order valence-electron chi connectivity index (χ3n) is 3.38. The topological polar surface area (TPSA) is 29.1 Å². The molecule has 0 spiro atoms. The van der Waals surface area contributed by atoms with Gasteiger partial charge in [-0.2, -0.15) is 0 Å². The van der Waals surface area contributed by atoms with Crippen molar-refractivity contribution in [3.63, 3.8) is 0 Å². The highest BCUT2D eigenvalue weighted by Crippen LogP contribution is 2.36. The van der Waals surface area contributed by atoms with E-state index in [9.17, 15) is 4.79 Å². The summed E-state index contributed by atoms with van der Waals surface area (Å²) < 4.78 is 0. The van der Waals surface area contributed by atoms with Crippen LogP contribution in [-0.2, 0) is 0 Å². The van der Waals surface area contributed by atoms with Gasteiger partial charge in [-0.05, 0) is 29.8 Å². The van der Waals surface area contributed by atoms with Gasteiger partial charge in [0.1, 0.15) is 0 Å². The predicted octanol–water partition coefficient (Wildman–Crippen LogP) is 3.13. The molecule has 0 radical (unpaired) electrons. The second kappa shape index (κ2) is 4.82. The second-order valence-corrected chi connectivity index (χ2v) is 4.64. The van der Waals surface area contributed by atoms with Gasteiger partial charge in [0.15, 0.2) is 5.78 Å². The number of hydrogen-bond acceptors (Lipinski definition) is 2. The van der Waals surface area contributed by atoms with Crippen LogP contribution >= 0.6 is 0 Å². The Bertz CT molecular complexity index is 671. The molecule has 0 unspecified atom stereocenters. The number of hydrogen-bond donors (Lipinski definition) is 1. The van der Waals surface area contributed by atoms with Crippen LogP contribution in [0, 0.1) is 0 Å². The zero-order valence-electron chi connectivity index (χ0n) is 10.8. The van der Waals surface area contributed by atoms with Crippen LogP contribution in [-0.4, -0.2) is 19.4 Å². The van der Waals surface area contributed by atoms with Gasteiger partial charge in [0.05, 0.1) is 0 Å². The molecule has 2 nitrogen and oxygen atoms in total. The number of fused-ring (bicyclic) bond motifs is 3. The largest absolute Gasteiger partial charge is 0.316 e. The zero-order valence-corrected chi connectivity index (χ0v) is 10.8. The molecule has 2 heteroatoms. The molecule has 0 bridgehead atoms. The maximum Gasteiger partial charge on any atom is 0.194 e. The minimum absolute atomic E-state index is 0.134. The van der Waals surface area contributed by atoms with Crippen molar-refractivity contribution in [3.05, 3.63) is 65.2 Å². The summed E-state index contributed by atoms with van der Waals surface area (Å²) in [5.74, 6) is 0.134. The molecule has 19 heavy (non-hydrogen) atoms. The van der Waals surface area contributed by atoms with Crippen LogP contribution in [0.15, 0.2) is 48.5 Å². The molecular formula is C17H15NO. The Labute approximate surface area is 112 Å². The standard InChI is InChI=1S/C17H15NO/c1-18-10-4-5-12-8-9-14-13-6-2-3-7-15(13)17(19)16(14)11-12/h2-9,11,18H,10H2,1H3. The van der Waals surface area contributed by atoms with Gasteiger partial charge in [-0.15, -0.1) is 0 Å². The van der Waals surface area contributed by atoms with Crippen LogP contribution < -0.4 is 5.32 Å². The predicted molar refractivity (Wildman–Crippen MR) is 78.3 cm³/mol. The van der Waals surface area contributed by atoms with Crippen molar-refractivity contribution in [1.82, 2.24) is 5.32 Å². The van der Waals surface area contributed by atoms with Crippen molar-refractivity contribution in [3.8, 4) is 11.1 Å². The fourth-order valence-electron chi connectivity index (χ4n) is 2.46. The lowest BCUT2D eigenvalue weighted by atomic mass is 10.0. The normalized spacial score (nSPS) is 12.8. The summed E-state index contributed by atoms with van der Waals surface area (Å²) in [4.78, 5) is 12.3. The van der Waals surface area contributed by atoms with Crippen LogP contribution in [0.5, 0.6) is 0 Å². The molecule has 0 amide bonds. The van der Waals surface area contributed by atoms with Crippen molar-refractivity contribution in [1.29, 1.82) is 0 Å². The Morgan fingerprint density at radius 2 is 1.74 bits per heavy atom. The van der Waals surface area contributed by atoms with E-state index in [2.05, 4.69) is 11.4 Å². The third-order valence-corrected chi connectivity index (χ3v) is 3.38. The highest BCUT2D eigenvalue weighted by Gasteiger charge is 2.25. The average molecular weight is 249 g/mol. The molecule has 0 fully saturated rings. The lowest BCUT2D eigenvalue weighted by molar-refractivity contribution is 0.104. The van der Waals surface area contributed by atoms with Gasteiger partial charge in [-0.1, -0.05) is 48.6 Å². The first kappa shape index (κ1) is 11.9. The summed E-state index contributed by atoms with van der Waals surface area (Å²) in [7, 11) is 1.91. The molecule has 0 aromatic heterocycles. The molecule has 0 saturated carbocycles. The monoisotopic (exact) mass is 249 g/mol. The van der Waals surface area contributed by atoms with Crippen LogP contribution in [0.4, 0.5) is 0 Å². The smallest absolute Gasteiger partial charge is 0.194 e. The first-order valence-corrected chi connectivity index (χ1v) is 6.40. The van der Waals surface area contributed by atoms with E-state index in [-0.39, 0.29) is 5.78 Å². The van der Waals surface area contributed by atoms with Crippen molar-refractivity contribution in [2.75, 3.05) is 13.6 Å². The number of carbonyl (C=O) groups excluding carboxylic acids is 1. The Morgan fingerprint density at radius 1 is 1.00 bits per heavy atom. The van der Waals surface area contributed by atoms with E-state index in [4.69, 9.17) is 0 Å². The fourth-order valence-corrected chi connectivity index (χ4v) is 2.46. The molecule has 1 N–H and O–H groups in total. The first-order valence-electron chi connectivity index (χ1n) is 6.40. The molecule has 94 valence electrons. The minimum atomic E-state index is 0.134. The summed E-state index contributed by atoms with van der Waals surface area (Å²) in [5, 5.41) is 3.06. The number of rotatable bonds is 3. The van der Waals surface area contributed by atoms with E-state index in [1.165, 1.54) is 0 Å². The van der Waals surface area contributed by atoms with Gasteiger partial charge in [0.2, 0.25) is 0 Å². The van der Waals surface area contributed by atoms with Gasteiger partial charge < -0.3 is 5.32 Å². The summed E-state index contributed by atoms with van der Waals surface area (Å²) in [5.41, 5.74) is 4.79. The van der Waals surface area contributed by atoms with Gasteiger partial charge in [0.25, 0.3) is 0 Å². The summed E-state index contributed by atoms with van der Waals surface area (Å²) >= 11 is 0. The van der Waals surface area contributed by atoms with Gasteiger partial charge in [0, 0.05) is 17.7 Å². The van der Waals surface area contributed by atoms with E-state index in [0.717, 1.165) is 34.4 Å². The summed E-state index contributed by atoms with van der Waals surface area (Å²) in [6, 6.07) is 13.9. The lowest BCUT2D eigenvalue weighted by Gasteiger charge is -2.00. The van der Waals surface area contributed by atoms with Gasteiger partial charge in [-0.3, -0.25) is 4.79 Å². The van der Waals surface area contributed by atoms with Crippen LogP contribution in [0.2, 0.25) is 0 Å². The molecule has 2 aromatic rings. The summed E-state index contributed by atoms with van der Waals surface area (Å²) in [6.07, 6.45) is 4.08. The van der Waals surface area contributed by atoms with E-state index >= 15 is 0 Å². The number of ketones is 1. The molecule has 1 aliphatic carbocycles. The van der Waals surface area contributed by atoms with Crippen LogP contribution in [0.25, 0.3) is 17.2 Å². The first-order chi connectivity index (χ1) is 9.31. The third kappa shape index (κ3) is 2.00. The molecule has 0 atom stereocenters. The van der Waals surface area contributed by atoms with E-state index in [1.54, 1.807) is 0 Å². The van der Waals surface area contributed by atoms with Gasteiger partial charge in [-0.25, -0.2) is 0 Å². The molecule has 0 aliphatic heterocycles. The number of carbonyl (C=O) groups is 1. The maximum absolute atomic E-state index is 12.3. The van der Waals surface area contributed by atoms with Crippen molar-refractivity contribution < 1.29 is 4.79 Å². The lowest BCUT2D eigenvalue weighted by Crippen LogP contribution is -2.03. The molecular weight excluding hydrogens is 234 g/mol. The van der Waals surface area contributed by atoms with E-state index in [0.29, 0.717) is 0 Å². The number of likely N-dealkylation sites (N-methyl/N-ethyl adjacent to an activating group) is 1. The second-order valence-electron chi connectivity index (χ2n) is 4.64. The highest BCUT2D eigenvalue weighted by atomic mass is 16.1. The van der Waals surface area contributed by atoms with Crippen molar-refractivity contribution in [2.45, 2.75) is 0 Å². The molecule has 1 aliphatic rings. The quantitative estimate of drug-likeness (QED) is 0.772. The van der Waals surface area contributed by atoms with Crippen LogP contribution in [0.1, 0.15) is 21.5 Å².